The monoisotopic (exact) mass is 237 g/mol. The number of anilines is 2. The van der Waals surface area contributed by atoms with E-state index in [9.17, 15) is 0 Å². The highest BCUT2D eigenvalue weighted by molar-refractivity contribution is 5.79. The molecule has 0 atom stereocenters. The largest absolute Gasteiger partial charge is 0.344 e. The van der Waals surface area contributed by atoms with Crippen molar-refractivity contribution >= 4 is 11.4 Å². The standard InChI is InChI=1S/C17H19N/c1-12-8-7-10-14-16(12)18(4)15-11-6-5-9-13(15)17(14,2)3/h5-11H,1-4H3. The molecule has 1 aliphatic heterocycles. The van der Waals surface area contributed by atoms with Gasteiger partial charge in [-0.05, 0) is 29.7 Å². The fourth-order valence-corrected chi connectivity index (χ4v) is 3.17. The van der Waals surface area contributed by atoms with Crippen molar-refractivity contribution in [1.29, 1.82) is 0 Å². The number of hydrogen-bond donors (Lipinski definition) is 0. The van der Waals surface area contributed by atoms with E-state index in [1.54, 1.807) is 0 Å². The number of hydrogen-bond acceptors (Lipinski definition) is 1. The zero-order chi connectivity index (χ0) is 12.9. The molecule has 0 fully saturated rings. The van der Waals surface area contributed by atoms with Crippen molar-refractivity contribution in [3.8, 4) is 0 Å². The summed E-state index contributed by atoms with van der Waals surface area (Å²) in [5, 5.41) is 0. The van der Waals surface area contributed by atoms with Gasteiger partial charge in [0.1, 0.15) is 0 Å². The molecular weight excluding hydrogens is 218 g/mol. The van der Waals surface area contributed by atoms with Crippen LogP contribution in [0.5, 0.6) is 0 Å². The lowest BCUT2D eigenvalue weighted by Gasteiger charge is -2.41. The second kappa shape index (κ2) is 3.61. The summed E-state index contributed by atoms with van der Waals surface area (Å²) >= 11 is 0. The van der Waals surface area contributed by atoms with Gasteiger partial charge < -0.3 is 4.90 Å². The molecule has 1 heterocycles. The number of nitrogens with zero attached hydrogens (tertiary/aromatic N) is 1. The van der Waals surface area contributed by atoms with Crippen molar-refractivity contribution in [2.75, 3.05) is 11.9 Å². The van der Waals surface area contributed by atoms with Gasteiger partial charge in [0.15, 0.2) is 0 Å². The summed E-state index contributed by atoms with van der Waals surface area (Å²) in [6, 6.07) is 15.3. The van der Waals surface area contributed by atoms with Crippen LogP contribution in [0.3, 0.4) is 0 Å². The predicted octanol–water partition coefficient (Wildman–Crippen LogP) is 4.40. The van der Waals surface area contributed by atoms with Crippen LogP contribution in [0.1, 0.15) is 30.5 Å². The zero-order valence-electron chi connectivity index (χ0n) is 11.5. The Labute approximate surface area is 109 Å². The fraction of sp³-hybridized carbons (Fsp3) is 0.294. The molecule has 0 unspecified atom stereocenters. The molecule has 0 bridgehead atoms. The quantitative estimate of drug-likeness (QED) is 0.656. The summed E-state index contributed by atoms with van der Waals surface area (Å²) in [4.78, 5) is 2.32. The number of rotatable bonds is 0. The van der Waals surface area contributed by atoms with Crippen LogP contribution in [0.15, 0.2) is 42.5 Å². The molecule has 92 valence electrons. The molecule has 0 radical (unpaired) electrons. The minimum atomic E-state index is 0.0739. The molecule has 1 nitrogen and oxygen atoms in total. The molecule has 0 spiro atoms. The van der Waals surface area contributed by atoms with Gasteiger partial charge >= 0.3 is 0 Å². The Morgan fingerprint density at radius 3 is 2.33 bits per heavy atom. The summed E-state index contributed by atoms with van der Waals surface area (Å²) in [5.74, 6) is 0. The van der Waals surface area contributed by atoms with E-state index >= 15 is 0 Å². The van der Waals surface area contributed by atoms with E-state index in [0.29, 0.717) is 0 Å². The van der Waals surface area contributed by atoms with Gasteiger partial charge in [-0.15, -0.1) is 0 Å². The number of para-hydroxylation sites is 2. The van der Waals surface area contributed by atoms with E-state index in [1.807, 2.05) is 0 Å². The van der Waals surface area contributed by atoms with Crippen LogP contribution < -0.4 is 4.90 Å². The number of fused-ring (bicyclic) bond motifs is 2. The Morgan fingerprint density at radius 1 is 0.889 bits per heavy atom. The van der Waals surface area contributed by atoms with E-state index in [2.05, 4.69) is 75.2 Å². The average Bonchev–Trinajstić information content (AvgIpc) is 2.36. The van der Waals surface area contributed by atoms with Gasteiger partial charge in [-0.1, -0.05) is 50.2 Å². The normalized spacial score (nSPS) is 16.1. The number of benzene rings is 2. The summed E-state index contributed by atoms with van der Waals surface area (Å²) < 4.78 is 0. The first-order valence-corrected chi connectivity index (χ1v) is 6.47. The highest BCUT2D eigenvalue weighted by atomic mass is 15.1. The van der Waals surface area contributed by atoms with Crippen molar-refractivity contribution in [2.45, 2.75) is 26.2 Å². The maximum absolute atomic E-state index is 2.32. The van der Waals surface area contributed by atoms with E-state index in [0.717, 1.165) is 0 Å². The summed E-state index contributed by atoms with van der Waals surface area (Å²) in [6.45, 7) is 6.83. The first-order valence-electron chi connectivity index (χ1n) is 6.47. The third-order valence-corrected chi connectivity index (χ3v) is 4.19. The van der Waals surface area contributed by atoms with Crippen LogP contribution in [0.25, 0.3) is 0 Å². The van der Waals surface area contributed by atoms with Gasteiger partial charge in [-0.2, -0.15) is 0 Å². The van der Waals surface area contributed by atoms with E-state index in [-0.39, 0.29) is 5.41 Å². The third-order valence-electron chi connectivity index (χ3n) is 4.19. The summed E-state index contributed by atoms with van der Waals surface area (Å²) in [6.07, 6.45) is 0. The minimum absolute atomic E-state index is 0.0739. The second-order valence-corrected chi connectivity index (χ2v) is 5.67. The predicted molar refractivity (Wildman–Crippen MR) is 77.8 cm³/mol. The van der Waals surface area contributed by atoms with Crippen LogP contribution >= 0.6 is 0 Å². The fourth-order valence-electron chi connectivity index (χ4n) is 3.17. The summed E-state index contributed by atoms with van der Waals surface area (Å²) in [5.41, 5.74) is 6.93. The lowest BCUT2D eigenvalue weighted by molar-refractivity contribution is 0.628. The molecule has 0 saturated carbocycles. The van der Waals surface area contributed by atoms with E-state index in [1.165, 1.54) is 28.1 Å². The first-order chi connectivity index (χ1) is 8.53. The van der Waals surface area contributed by atoms with Crippen LogP contribution in [0, 0.1) is 6.92 Å². The second-order valence-electron chi connectivity index (χ2n) is 5.67. The molecule has 1 aliphatic rings. The van der Waals surface area contributed by atoms with Crippen molar-refractivity contribution in [3.63, 3.8) is 0 Å². The van der Waals surface area contributed by atoms with Crippen molar-refractivity contribution in [3.05, 3.63) is 59.2 Å². The molecule has 0 N–H and O–H groups in total. The zero-order valence-corrected chi connectivity index (χ0v) is 11.5. The molecule has 0 amide bonds. The molecule has 1 heteroatoms. The van der Waals surface area contributed by atoms with Gasteiger partial charge in [0.25, 0.3) is 0 Å². The Hall–Kier alpha value is -1.76. The molecule has 2 aromatic carbocycles. The van der Waals surface area contributed by atoms with Crippen LogP contribution in [0.4, 0.5) is 11.4 Å². The SMILES string of the molecule is Cc1cccc2c1N(C)c1ccccc1C2(C)C. The maximum Gasteiger partial charge on any atom is 0.0479 e. The Bertz CT molecular complexity index is 611. The van der Waals surface area contributed by atoms with Crippen molar-refractivity contribution < 1.29 is 0 Å². The Balaban J connectivity index is 2.37. The third kappa shape index (κ3) is 1.34. The van der Waals surface area contributed by atoms with E-state index in [4.69, 9.17) is 0 Å². The van der Waals surface area contributed by atoms with Crippen molar-refractivity contribution in [2.24, 2.45) is 0 Å². The van der Waals surface area contributed by atoms with Crippen LogP contribution in [-0.4, -0.2) is 7.05 Å². The lowest BCUT2D eigenvalue weighted by Crippen LogP contribution is -2.31. The van der Waals surface area contributed by atoms with Crippen molar-refractivity contribution in [1.82, 2.24) is 0 Å². The molecule has 0 aromatic heterocycles. The van der Waals surface area contributed by atoms with Gasteiger partial charge in [0.2, 0.25) is 0 Å². The minimum Gasteiger partial charge on any atom is -0.344 e. The number of aryl methyl sites for hydroxylation is 1. The molecule has 3 rings (SSSR count). The highest BCUT2D eigenvalue weighted by Crippen LogP contribution is 2.48. The van der Waals surface area contributed by atoms with E-state index < -0.39 is 0 Å². The maximum atomic E-state index is 2.32. The Kier molecular flexibility index (Phi) is 2.28. The lowest BCUT2D eigenvalue weighted by atomic mass is 9.73. The molecule has 0 aliphatic carbocycles. The Morgan fingerprint density at radius 2 is 1.56 bits per heavy atom. The smallest absolute Gasteiger partial charge is 0.0479 e. The molecular formula is C17H19N. The molecule has 18 heavy (non-hydrogen) atoms. The molecule has 0 saturated heterocycles. The molecule has 2 aromatic rings. The topological polar surface area (TPSA) is 3.24 Å². The van der Waals surface area contributed by atoms with Gasteiger partial charge in [0, 0.05) is 23.8 Å². The highest BCUT2D eigenvalue weighted by Gasteiger charge is 2.35. The van der Waals surface area contributed by atoms with Crippen LogP contribution in [-0.2, 0) is 5.41 Å². The first kappa shape index (κ1) is 11.3. The van der Waals surface area contributed by atoms with Gasteiger partial charge in [-0.25, -0.2) is 0 Å². The van der Waals surface area contributed by atoms with Gasteiger partial charge in [0.05, 0.1) is 0 Å². The summed E-state index contributed by atoms with van der Waals surface area (Å²) in [7, 11) is 2.17. The average molecular weight is 237 g/mol. The van der Waals surface area contributed by atoms with Crippen LogP contribution in [0.2, 0.25) is 0 Å². The van der Waals surface area contributed by atoms with Gasteiger partial charge in [-0.3, -0.25) is 0 Å².